The van der Waals surface area contributed by atoms with Crippen molar-refractivity contribution in [3.05, 3.63) is 23.8 Å². The smallest absolute Gasteiger partial charge is 0.125 e. The third-order valence-corrected chi connectivity index (χ3v) is 3.80. The fourth-order valence-corrected chi connectivity index (χ4v) is 2.58. The lowest BCUT2D eigenvalue weighted by Crippen LogP contribution is -2.34. The molecule has 1 aliphatic carbocycles. The van der Waals surface area contributed by atoms with Crippen molar-refractivity contribution in [3.8, 4) is 5.75 Å². The lowest BCUT2D eigenvalue weighted by Gasteiger charge is -2.32. The van der Waals surface area contributed by atoms with E-state index in [4.69, 9.17) is 10.5 Å². The molecule has 0 heterocycles. The highest BCUT2D eigenvalue weighted by molar-refractivity contribution is 5.61. The second-order valence-corrected chi connectivity index (χ2v) is 5.87. The van der Waals surface area contributed by atoms with E-state index in [1.165, 1.54) is 18.5 Å². The van der Waals surface area contributed by atoms with Gasteiger partial charge in [-0.1, -0.05) is 6.07 Å². The van der Waals surface area contributed by atoms with Crippen LogP contribution in [0.25, 0.3) is 0 Å². The van der Waals surface area contributed by atoms with Gasteiger partial charge in [0.05, 0.1) is 7.11 Å². The molecule has 106 valence electrons. The average molecular weight is 262 g/mol. The third kappa shape index (κ3) is 3.21. The molecule has 2 rings (SSSR count). The fraction of sp³-hybridized carbons (Fsp3) is 0.625. The van der Waals surface area contributed by atoms with Gasteiger partial charge in [-0.25, -0.2) is 0 Å². The summed E-state index contributed by atoms with van der Waals surface area (Å²) in [4.78, 5) is 2.47. The highest BCUT2D eigenvalue weighted by Gasteiger charge is 2.27. The molecule has 1 aromatic carbocycles. The van der Waals surface area contributed by atoms with E-state index in [0.29, 0.717) is 6.04 Å². The van der Waals surface area contributed by atoms with Gasteiger partial charge in [0, 0.05) is 29.9 Å². The quantitative estimate of drug-likeness (QED) is 0.854. The van der Waals surface area contributed by atoms with Crippen LogP contribution in [0.15, 0.2) is 18.2 Å². The first kappa shape index (κ1) is 14.2. The molecule has 1 saturated carbocycles. The number of nitrogens with two attached hydrogens (primary N) is 1. The zero-order valence-electron chi connectivity index (χ0n) is 12.5. The Balaban J connectivity index is 2.39. The first-order valence-corrected chi connectivity index (χ1v) is 7.23. The molecular weight excluding hydrogens is 236 g/mol. The summed E-state index contributed by atoms with van der Waals surface area (Å²) in [6.45, 7) is 7.64. The molecule has 3 heteroatoms. The largest absolute Gasteiger partial charge is 0.496 e. The highest BCUT2D eigenvalue weighted by Crippen LogP contribution is 2.38. The van der Waals surface area contributed by atoms with Crippen LogP contribution in [0, 0.1) is 5.92 Å². The molecule has 0 unspecified atom stereocenters. The molecule has 0 radical (unpaired) electrons. The Hall–Kier alpha value is -1.22. The van der Waals surface area contributed by atoms with Gasteiger partial charge < -0.3 is 15.4 Å². The molecule has 0 saturated heterocycles. The Kier molecular flexibility index (Phi) is 4.35. The number of benzene rings is 1. The van der Waals surface area contributed by atoms with Crippen LogP contribution in [-0.4, -0.2) is 19.7 Å². The molecule has 0 spiro atoms. The summed E-state index contributed by atoms with van der Waals surface area (Å²) in [7, 11) is 1.71. The minimum Gasteiger partial charge on any atom is -0.496 e. The Labute approximate surface area is 116 Å². The monoisotopic (exact) mass is 262 g/mol. The Morgan fingerprint density at radius 2 is 2.00 bits per heavy atom. The third-order valence-electron chi connectivity index (χ3n) is 3.80. The second-order valence-electron chi connectivity index (χ2n) is 5.87. The van der Waals surface area contributed by atoms with Gasteiger partial charge in [-0.05, 0) is 51.7 Å². The molecule has 0 aromatic heterocycles. The van der Waals surface area contributed by atoms with Crippen molar-refractivity contribution in [1.29, 1.82) is 0 Å². The normalized spacial score (nSPS) is 16.5. The van der Waals surface area contributed by atoms with Crippen LogP contribution in [0.4, 0.5) is 5.69 Å². The summed E-state index contributed by atoms with van der Waals surface area (Å²) in [6.07, 6.45) is 2.72. The van der Waals surface area contributed by atoms with E-state index in [1.54, 1.807) is 7.11 Å². The van der Waals surface area contributed by atoms with Gasteiger partial charge in [-0.15, -0.1) is 0 Å². The van der Waals surface area contributed by atoms with Crippen LogP contribution in [0.5, 0.6) is 5.75 Å². The maximum Gasteiger partial charge on any atom is 0.125 e. The van der Waals surface area contributed by atoms with Crippen LogP contribution in [-0.2, 0) is 0 Å². The Morgan fingerprint density at radius 1 is 1.32 bits per heavy atom. The van der Waals surface area contributed by atoms with Gasteiger partial charge in [-0.2, -0.15) is 0 Å². The molecule has 0 amide bonds. The maximum atomic E-state index is 6.17. The van der Waals surface area contributed by atoms with E-state index >= 15 is 0 Å². The van der Waals surface area contributed by atoms with Gasteiger partial charge >= 0.3 is 0 Å². The van der Waals surface area contributed by atoms with E-state index in [2.05, 4.69) is 30.9 Å². The lowest BCUT2D eigenvalue weighted by atomic mass is 10.0. The summed E-state index contributed by atoms with van der Waals surface area (Å²) >= 11 is 0. The van der Waals surface area contributed by atoms with Crippen molar-refractivity contribution < 1.29 is 4.74 Å². The van der Waals surface area contributed by atoms with Crippen LogP contribution < -0.4 is 15.4 Å². The zero-order valence-corrected chi connectivity index (χ0v) is 12.5. The van der Waals surface area contributed by atoms with E-state index < -0.39 is 0 Å². The average Bonchev–Trinajstić information content (AvgIpc) is 3.18. The molecule has 2 N–H and O–H groups in total. The Morgan fingerprint density at radius 3 is 2.47 bits per heavy atom. The minimum absolute atomic E-state index is 0.0217. The second kappa shape index (κ2) is 5.83. The maximum absolute atomic E-state index is 6.17. The van der Waals surface area contributed by atoms with Crippen molar-refractivity contribution >= 4 is 5.69 Å². The Bertz CT molecular complexity index is 425. The highest BCUT2D eigenvalue weighted by atomic mass is 16.5. The molecule has 1 aromatic rings. The van der Waals surface area contributed by atoms with Crippen LogP contribution in [0.3, 0.4) is 0 Å². The number of hydrogen-bond acceptors (Lipinski definition) is 3. The fourth-order valence-electron chi connectivity index (χ4n) is 2.58. The number of hydrogen-bond donors (Lipinski definition) is 1. The van der Waals surface area contributed by atoms with Gasteiger partial charge in [0.15, 0.2) is 0 Å². The van der Waals surface area contributed by atoms with Crippen LogP contribution >= 0.6 is 0 Å². The molecule has 1 aliphatic rings. The number of methoxy groups -OCH3 is 1. The van der Waals surface area contributed by atoms with Crippen LogP contribution in [0.2, 0.25) is 0 Å². The molecule has 0 aliphatic heterocycles. The SMILES string of the molecule is COc1cccc(N(CC2CC2)C(C)C)c1[C@@H](C)N. The van der Waals surface area contributed by atoms with Crippen molar-refractivity contribution in [1.82, 2.24) is 0 Å². The van der Waals surface area contributed by atoms with Crippen LogP contribution in [0.1, 0.15) is 45.2 Å². The number of rotatable bonds is 6. The van der Waals surface area contributed by atoms with E-state index in [1.807, 2.05) is 13.0 Å². The lowest BCUT2D eigenvalue weighted by molar-refractivity contribution is 0.406. The molecule has 19 heavy (non-hydrogen) atoms. The topological polar surface area (TPSA) is 38.5 Å². The minimum atomic E-state index is -0.0217. The predicted molar refractivity (Wildman–Crippen MR) is 80.8 cm³/mol. The van der Waals surface area contributed by atoms with E-state index in [0.717, 1.165) is 23.8 Å². The summed E-state index contributed by atoms with van der Waals surface area (Å²) in [6, 6.07) is 6.68. The van der Waals surface area contributed by atoms with Crippen molar-refractivity contribution in [2.24, 2.45) is 11.7 Å². The van der Waals surface area contributed by atoms with Gasteiger partial charge in [0.2, 0.25) is 0 Å². The van der Waals surface area contributed by atoms with E-state index in [9.17, 15) is 0 Å². The van der Waals surface area contributed by atoms with Crippen molar-refractivity contribution in [2.75, 3.05) is 18.6 Å². The molecule has 1 atom stereocenters. The zero-order chi connectivity index (χ0) is 14.0. The molecule has 3 nitrogen and oxygen atoms in total. The summed E-state index contributed by atoms with van der Waals surface area (Å²) in [5, 5.41) is 0. The first-order chi connectivity index (χ1) is 9.04. The number of anilines is 1. The van der Waals surface area contributed by atoms with Gasteiger partial charge in [0.25, 0.3) is 0 Å². The van der Waals surface area contributed by atoms with Crippen molar-refractivity contribution in [2.45, 2.75) is 45.7 Å². The summed E-state index contributed by atoms with van der Waals surface area (Å²) in [5.41, 5.74) is 8.53. The first-order valence-electron chi connectivity index (χ1n) is 7.23. The number of nitrogens with zero attached hydrogens (tertiary/aromatic N) is 1. The number of ether oxygens (including phenoxy) is 1. The van der Waals surface area contributed by atoms with Gasteiger partial charge in [0.1, 0.15) is 5.75 Å². The predicted octanol–water partition coefficient (Wildman–Crippen LogP) is 3.34. The summed E-state index contributed by atoms with van der Waals surface area (Å²) in [5.74, 6) is 1.75. The standard InChI is InChI=1S/C16H26N2O/c1-11(2)18(10-13-8-9-13)14-6-5-7-15(19-4)16(14)12(3)17/h5-7,11-13H,8-10,17H2,1-4H3/t12-/m1/s1. The van der Waals surface area contributed by atoms with Crippen molar-refractivity contribution in [3.63, 3.8) is 0 Å². The van der Waals surface area contributed by atoms with Gasteiger partial charge in [-0.3, -0.25) is 0 Å². The van der Waals surface area contributed by atoms with E-state index in [-0.39, 0.29) is 6.04 Å². The molecular formula is C16H26N2O. The molecule has 1 fully saturated rings. The summed E-state index contributed by atoms with van der Waals surface area (Å²) < 4.78 is 5.49. The molecule has 0 bridgehead atoms.